The number of carbonyl (C=O) groups excluding carboxylic acids is 2. The molecule has 3 fully saturated rings. The molecule has 2 aromatic carbocycles. The Morgan fingerprint density at radius 3 is 2.26 bits per heavy atom. The number of hydrogen-bond acceptors (Lipinski definition) is 4. The minimum absolute atomic E-state index is 0.0337. The SMILES string of the molecule is O=C1CC2(CCCC2)CC(=O)N1CCCN1CCOC(c2ccccc2)(c2cccc(Cl)c2)CC1. The number of rotatable bonds is 6. The lowest BCUT2D eigenvalue weighted by atomic mass is 9.76. The van der Waals surface area contributed by atoms with Crippen molar-refractivity contribution in [3.63, 3.8) is 0 Å². The third-order valence-corrected chi connectivity index (χ3v) is 8.48. The lowest BCUT2D eigenvalue weighted by Gasteiger charge is -2.37. The molecule has 1 unspecified atom stereocenters. The summed E-state index contributed by atoms with van der Waals surface area (Å²) in [6, 6.07) is 18.4. The number of carbonyl (C=O) groups is 2. The number of halogens is 1. The highest BCUT2D eigenvalue weighted by molar-refractivity contribution is 6.30. The van der Waals surface area contributed by atoms with Crippen LogP contribution >= 0.6 is 11.6 Å². The zero-order valence-corrected chi connectivity index (χ0v) is 21.1. The van der Waals surface area contributed by atoms with E-state index in [9.17, 15) is 9.59 Å². The predicted molar refractivity (Wildman–Crippen MR) is 137 cm³/mol. The van der Waals surface area contributed by atoms with Crippen LogP contribution in [0.4, 0.5) is 0 Å². The van der Waals surface area contributed by atoms with E-state index in [2.05, 4.69) is 35.2 Å². The zero-order valence-electron chi connectivity index (χ0n) is 20.4. The lowest BCUT2D eigenvalue weighted by Crippen LogP contribution is -2.48. The molecule has 2 aromatic rings. The fraction of sp³-hybridized carbons (Fsp3) is 0.517. The fourth-order valence-corrected chi connectivity index (χ4v) is 6.55. The molecule has 1 atom stereocenters. The van der Waals surface area contributed by atoms with E-state index in [0.717, 1.165) is 69.3 Å². The monoisotopic (exact) mass is 494 g/mol. The van der Waals surface area contributed by atoms with Crippen LogP contribution in [0.1, 0.15) is 62.5 Å². The molecule has 2 aliphatic heterocycles. The number of benzene rings is 2. The van der Waals surface area contributed by atoms with E-state index in [1.165, 1.54) is 4.90 Å². The van der Waals surface area contributed by atoms with E-state index in [1.54, 1.807) is 0 Å². The Balaban J connectivity index is 1.22. The smallest absolute Gasteiger partial charge is 0.229 e. The normalized spacial score (nSPS) is 25.2. The molecule has 5 rings (SSSR count). The minimum atomic E-state index is -0.546. The maximum absolute atomic E-state index is 12.8. The van der Waals surface area contributed by atoms with Gasteiger partial charge in [0.05, 0.1) is 6.61 Å². The van der Waals surface area contributed by atoms with Crippen LogP contribution in [0, 0.1) is 5.41 Å². The van der Waals surface area contributed by atoms with Gasteiger partial charge in [-0.15, -0.1) is 0 Å². The van der Waals surface area contributed by atoms with Crippen molar-refractivity contribution < 1.29 is 14.3 Å². The molecule has 6 heteroatoms. The Kier molecular flexibility index (Phi) is 7.29. The van der Waals surface area contributed by atoms with Gasteiger partial charge in [-0.2, -0.15) is 0 Å². The van der Waals surface area contributed by atoms with Gasteiger partial charge in [-0.1, -0.05) is 66.9 Å². The molecule has 1 spiro atoms. The number of piperidine rings is 1. The third kappa shape index (κ3) is 5.18. The van der Waals surface area contributed by atoms with Crippen molar-refractivity contribution in [2.24, 2.45) is 5.41 Å². The summed E-state index contributed by atoms with van der Waals surface area (Å²) in [4.78, 5) is 29.5. The molecular weight excluding hydrogens is 460 g/mol. The molecular formula is C29H35ClN2O3. The maximum Gasteiger partial charge on any atom is 0.229 e. The highest BCUT2D eigenvalue weighted by Gasteiger charge is 2.45. The van der Waals surface area contributed by atoms with Gasteiger partial charge in [-0.25, -0.2) is 0 Å². The number of ether oxygens (including phenoxy) is 1. The van der Waals surface area contributed by atoms with Crippen molar-refractivity contribution in [2.45, 2.75) is 57.0 Å². The van der Waals surface area contributed by atoms with Crippen molar-refractivity contribution in [3.8, 4) is 0 Å². The summed E-state index contributed by atoms with van der Waals surface area (Å²) in [5.74, 6) is 0.0674. The molecule has 1 saturated carbocycles. The topological polar surface area (TPSA) is 49.9 Å². The van der Waals surface area contributed by atoms with E-state index >= 15 is 0 Å². The molecule has 2 amide bonds. The molecule has 0 N–H and O–H groups in total. The maximum atomic E-state index is 12.8. The van der Waals surface area contributed by atoms with Crippen molar-refractivity contribution in [1.29, 1.82) is 0 Å². The third-order valence-electron chi connectivity index (χ3n) is 8.24. The van der Waals surface area contributed by atoms with Crippen LogP contribution in [0.3, 0.4) is 0 Å². The van der Waals surface area contributed by atoms with E-state index in [4.69, 9.17) is 16.3 Å². The fourth-order valence-electron chi connectivity index (χ4n) is 6.36. The van der Waals surface area contributed by atoms with Gasteiger partial charge in [-0.3, -0.25) is 14.5 Å². The van der Waals surface area contributed by atoms with Gasteiger partial charge in [0.2, 0.25) is 11.8 Å². The second-order valence-electron chi connectivity index (χ2n) is 10.5. The standard InChI is InChI=1S/C29H35ClN2O3/c30-25-11-6-10-24(20-25)29(23-8-2-1-3-9-23)14-17-31(18-19-35-29)15-7-16-32-26(33)21-28(22-27(32)34)12-4-5-13-28/h1-3,6,8-11,20H,4-5,7,12-19,21-22H2. The number of hydrogen-bond donors (Lipinski definition) is 0. The largest absolute Gasteiger partial charge is 0.364 e. The van der Waals surface area contributed by atoms with Gasteiger partial charge in [0, 0.05) is 37.5 Å². The first-order chi connectivity index (χ1) is 17.0. The van der Waals surface area contributed by atoms with Crippen molar-refractivity contribution >= 4 is 23.4 Å². The number of likely N-dealkylation sites (tertiary alicyclic amines) is 1. The first kappa shape index (κ1) is 24.5. The van der Waals surface area contributed by atoms with Gasteiger partial charge >= 0.3 is 0 Å². The highest BCUT2D eigenvalue weighted by atomic mass is 35.5. The molecule has 3 aliphatic rings. The van der Waals surface area contributed by atoms with Crippen LogP contribution in [0.15, 0.2) is 54.6 Å². The van der Waals surface area contributed by atoms with Gasteiger partial charge in [0.1, 0.15) is 5.60 Å². The van der Waals surface area contributed by atoms with Gasteiger partial charge < -0.3 is 9.64 Å². The molecule has 2 saturated heterocycles. The van der Waals surface area contributed by atoms with Crippen molar-refractivity contribution in [3.05, 3.63) is 70.7 Å². The van der Waals surface area contributed by atoms with Crippen LogP contribution in [0.2, 0.25) is 5.02 Å². The minimum Gasteiger partial charge on any atom is -0.364 e. The first-order valence-corrected chi connectivity index (χ1v) is 13.4. The predicted octanol–water partition coefficient (Wildman–Crippen LogP) is 5.41. The quantitative estimate of drug-likeness (QED) is 0.504. The molecule has 1 aliphatic carbocycles. The van der Waals surface area contributed by atoms with Gasteiger partial charge in [0.15, 0.2) is 0 Å². The second kappa shape index (κ2) is 10.4. The Bertz CT molecular complexity index is 1030. The lowest BCUT2D eigenvalue weighted by molar-refractivity contribution is -0.153. The van der Waals surface area contributed by atoms with E-state index in [-0.39, 0.29) is 17.2 Å². The van der Waals surface area contributed by atoms with Crippen molar-refractivity contribution in [1.82, 2.24) is 9.80 Å². The van der Waals surface area contributed by atoms with Crippen LogP contribution in [0.25, 0.3) is 0 Å². The summed E-state index contributed by atoms with van der Waals surface area (Å²) in [5.41, 5.74) is 1.63. The average molecular weight is 495 g/mol. The second-order valence-corrected chi connectivity index (χ2v) is 10.9. The summed E-state index contributed by atoms with van der Waals surface area (Å²) in [6.45, 7) is 3.65. The summed E-state index contributed by atoms with van der Waals surface area (Å²) >= 11 is 6.36. The van der Waals surface area contributed by atoms with Crippen LogP contribution in [-0.2, 0) is 19.9 Å². The Morgan fingerprint density at radius 2 is 1.54 bits per heavy atom. The Morgan fingerprint density at radius 1 is 0.829 bits per heavy atom. The first-order valence-electron chi connectivity index (χ1n) is 13.0. The molecule has 0 aromatic heterocycles. The average Bonchev–Trinajstić information content (AvgIpc) is 3.18. The van der Waals surface area contributed by atoms with E-state index in [1.807, 2.05) is 24.3 Å². The molecule has 0 radical (unpaired) electrons. The summed E-state index contributed by atoms with van der Waals surface area (Å²) in [6.07, 6.45) is 7.06. The van der Waals surface area contributed by atoms with Crippen LogP contribution in [-0.4, -0.2) is 54.4 Å². The summed E-state index contributed by atoms with van der Waals surface area (Å²) in [5, 5.41) is 0.706. The molecule has 5 nitrogen and oxygen atoms in total. The van der Waals surface area contributed by atoms with Gasteiger partial charge in [-0.05, 0) is 60.9 Å². The van der Waals surface area contributed by atoms with E-state index < -0.39 is 5.60 Å². The molecule has 186 valence electrons. The zero-order chi connectivity index (χ0) is 24.3. The number of amides is 2. The Labute approximate surface area is 213 Å². The Hall–Kier alpha value is -2.21. The van der Waals surface area contributed by atoms with E-state index in [0.29, 0.717) is 31.0 Å². The number of nitrogens with zero attached hydrogens (tertiary/aromatic N) is 2. The molecule has 0 bridgehead atoms. The van der Waals surface area contributed by atoms with Crippen molar-refractivity contribution in [2.75, 3.05) is 32.8 Å². The van der Waals surface area contributed by atoms with Crippen LogP contribution in [0.5, 0.6) is 0 Å². The molecule has 2 heterocycles. The van der Waals surface area contributed by atoms with Crippen LogP contribution < -0.4 is 0 Å². The highest BCUT2D eigenvalue weighted by Crippen LogP contribution is 2.47. The van der Waals surface area contributed by atoms with Gasteiger partial charge in [0.25, 0.3) is 0 Å². The molecule has 35 heavy (non-hydrogen) atoms. The summed E-state index contributed by atoms with van der Waals surface area (Å²) < 4.78 is 6.61. The summed E-state index contributed by atoms with van der Waals surface area (Å²) in [7, 11) is 0. The number of imide groups is 1.